The minimum absolute atomic E-state index is 0.203. The molecular weight excluding hydrogens is 202 g/mol. The molecule has 0 amide bonds. The predicted octanol–water partition coefficient (Wildman–Crippen LogP) is 1.89. The fourth-order valence-electron chi connectivity index (χ4n) is 3.01. The lowest BCUT2D eigenvalue weighted by molar-refractivity contribution is -0.129. The van der Waals surface area contributed by atoms with Crippen LogP contribution in [0.25, 0.3) is 0 Å². The molecule has 1 unspecified atom stereocenters. The monoisotopic (exact) mass is 225 g/mol. The smallest absolute Gasteiger partial charge is 0.158 e. The van der Waals surface area contributed by atoms with Crippen molar-refractivity contribution in [2.45, 2.75) is 51.0 Å². The summed E-state index contributed by atoms with van der Waals surface area (Å²) >= 11 is 0. The number of rotatable bonds is 3. The predicted molar refractivity (Wildman–Crippen MR) is 63.1 cm³/mol. The SMILES string of the molecule is CCC1CCC(C(=O)C2(N)CCOC2)CC1. The molecule has 92 valence electrons. The van der Waals surface area contributed by atoms with Crippen molar-refractivity contribution in [3.05, 3.63) is 0 Å². The Labute approximate surface area is 97.7 Å². The summed E-state index contributed by atoms with van der Waals surface area (Å²) in [6.45, 7) is 3.31. The van der Waals surface area contributed by atoms with Crippen LogP contribution in [0.3, 0.4) is 0 Å². The first kappa shape index (κ1) is 12.1. The Hall–Kier alpha value is -0.410. The minimum atomic E-state index is -0.663. The number of carbonyl (C=O) groups excluding carboxylic acids is 1. The zero-order valence-corrected chi connectivity index (χ0v) is 10.2. The van der Waals surface area contributed by atoms with Gasteiger partial charge in [-0.2, -0.15) is 0 Å². The molecule has 0 aromatic rings. The zero-order valence-electron chi connectivity index (χ0n) is 10.2. The second-order valence-electron chi connectivity index (χ2n) is 5.45. The fraction of sp³-hybridized carbons (Fsp3) is 0.923. The van der Waals surface area contributed by atoms with Gasteiger partial charge in [-0.05, 0) is 38.0 Å². The van der Waals surface area contributed by atoms with E-state index >= 15 is 0 Å². The van der Waals surface area contributed by atoms with E-state index in [1.807, 2.05) is 0 Å². The topological polar surface area (TPSA) is 52.3 Å². The highest BCUT2D eigenvalue weighted by Gasteiger charge is 2.42. The van der Waals surface area contributed by atoms with E-state index in [1.54, 1.807) is 0 Å². The van der Waals surface area contributed by atoms with Crippen LogP contribution in [0.1, 0.15) is 45.4 Å². The second kappa shape index (κ2) is 4.84. The Morgan fingerprint density at radius 2 is 2.06 bits per heavy atom. The van der Waals surface area contributed by atoms with Crippen LogP contribution in [-0.4, -0.2) is 24.5 Å². The average molecular weight is 225 g/mol. The van der Waals surface area contributed by atoms with E-state index in [2.05, 4.69) is 6.92 Å². The van der Waals surface area contributed by atoms with Crippen LogP contribution in [0, 0.1) is 11.8 Å². The van der Waals surface area contributed by atoms with Gasteiger partial charge in [0.1, 0.15) is 5.54 Å². The molecular formula is C13H23NO2. The van der Waals surface area contributed by atoms with Crippen molar-refractivity contribution < 1.29 is 9.53 Å². The number of ketones is 1. The van der Waals surface area contributed by atoms with Crippen molar-refractivity contribution in [1.82, 2.24) is 0 Å². The van der Waals surface area contributed by atoms with Crippen LogP contribution in [0.15, 0.2) is 0 Å². The molecule has 1 saturated heterocycles. The second-order valence-corrected chi connectivity index (χ2v) is 5.45. The molecule has 0 radical (unpaired) electrons. The summed E-state index contributed by atoms with van der Waals surface area (Å²) in [4.78, 5) is 12.3. The maximum atomic E-state index is 12.3. The number of nitrogens with two attached hydrogens (primary N) is 1. The van der Waals surface area contributed by atoms with Crippen LogP contribution in [0.2, 0.25) is 0 Å². The van der Waals surface area contributed by atoms with Crippen molar-refractivity contribution in [3.63, 3.8) is 0 Å². The standard InChI is InChI=1S/C13H23NO2/c1-2-10-3-5-11(6-4-10)12(15)13(14)7-8-16-9-13/h10-11H,2-9,14H2,1H3. The Bertz CT molecular complexity index is 251. The molecule has 1 aliphatic carbocycles. The van der Waals surface area contributed by atoms with Gasteiger partial charge in [-0.25, -0.2) is 0 Å². The third kappa shape index (κ3) is 2.30. The summed E-state index contributed by atoms with van der Waals surface area (Å²) < 4.78 is 5.27. The Balaban J connectivity index is 1.91. The molecule has 0 bridgehead atoms. The van der Waals surface area contributed by atoms with Crippen molar-refractivity contribution >= 4 is 5.78 Å². The molecule has 16 heavy (non-hydrogen) atoms. The molecule has 1 atom stereocenters. The van der Waals surface area contributed by atoms with E-state index in [-0.39, 0.29) is 11.7 Å². The van der Waals surface area contributed by atoms with Crippen LogP contribution in [0.5, 0.6) is 0 Å². The highest BCUT2D eigenvalue weighted by Crippen LogP contribution is 2.34. The first-order chi connectivity index (χ1) is 7.65. The number of carbonyl (C=O) groups is 1. The van der Waals surface area contributed by atoms with Crippen molar-refractivity contribution in [2.24, 2.45) is 17.6 Å². The maximum Gasteiger partial charge on any atom is 0.158 e. The number of Topliss-reactive ketones (excluding diaryl/α,β-unsaturated/α-hetero) is 1. The first-order valence-corrected chi connectivity index (χ1v) is 6.56. The molecule has 0 spiro atoms. The summed E-state index contributed by atoms with van der Waals surface area (Å²) in [6, 6.07) is 0. The van der Waals surface area contributed by atoms with Crippen LogP contribution in [0.4, 0.5) is 0 Å². The summed E-state index contributed by atoms with van der Waals surface area (Å²) in [7, 11) is 0. The highest BCUT2D eigenvalue weighted by atomic mass is 16.5. The van der Waals surface area contributed by atoms with Gasteiger partial charge in [-0.1, -0.05) is 13.3 Å². The third-order valence-electron chi connectivity index (χ3n) is 4.34. The normalized spacial score (nSPS) is 39.9. The molecule has 1 aliphatic heterocycles. The summed E-state index contributed by atoms with van der Waals surface area (Å²) in [6.07, 6.45) is 6.43. The molecule has 1 saturated carbocycles. The Morgan fingerprint density at radius 3 is 2.56 bits per heavy atom. The summed E-state index contributed by atoms with van der Waals surface area (Å²) in [5, 5.41) is 0. The van der Waals surface area contributed by atoms with Gasteiger partial charge in [-0.3, -0.25) is 4.79 Å². The first-order valence-electron chi connectivity index (χ1n) is 6.56. The molecule has 1 heterocycles. The van der Waals surface area contributed by atoms with Crippen LogP contribution >= 0.6 is 0 Å². The van der Waals surface area contributed by atoms with Gasteiger partial charge in [0.05, 0.1) is 6.61 Å². The molecule has 3 heteroatoms. The van der Waals surface area contributed by atoms with E-state index in [9.17, 15) is 4.79 Å². The Kier molecular flexibility index (Phi) is 3.65. The lowest BCUT2D eigenvalue weighted by Gasteiger charge is -2.31. The Morgan fingerprint density at radius 1 is 1.38 bits per heavy atom. The molecule has 2 aliphatic rings. The minimum Gasteiger partial charge on any atom is -0.379 e. The number of hydrogen-bond donors (Lipinski definition) is 1. The maximum absolute atomic E-state index is 12.3. The van der Waals surface area contributed by atoms with Crippen molar-refractivity contribution in [2.75, 3.05) is 13.2 Å². The van der Waals surface area contributed by atoms with Crippen molar-refractivity contribution in [1.29, 1.82) is 0 Å². The van der Waals surface area contributed by atoms with Gasteiger partial charge in [0.15, 0.2) is 5.78 Å². The van der Waals surface area contributed by atoms with E-state index in [0.29, 0.717) is 19.6 Å². The van der Waals surface area contributed by atoms with Gasteiger partial charge in [-0.15, -0.1) is 0 Å². The van der Waals surface area contributed by atoms with Gasteiger partial charge < -0.3 is 10.5 Å². The molecule has 2 fully saturated rings. The molecule has 2 N–H and O–H groups in total. The lowest BCUT2D eigenvalue weighted by Crippen LogP contribution is -2.51. The lowest BCUT2D eigenvalue weighted by atomic mass is 9.74. The van der Waals surface area contributed by atoms with E-state index in [0.717, 1.165) is 18.8 Å². The van der Waals surface area contributed by atoms with E-state index < -0.39 is 5.54 Å². The van der Waals surface area contributed by atoms with Crippen LogP contribution < -0.4 is 5.73 Å². The van der Waals surface area contributed by atoms with Crippen molar-refractivity contribution in [3.8, 4) is 0 Å². The highest BCUT2D eigenvalue weighted by molar-refractivity contribution is 5.90. The summed E-state index contributed by atoms with van der Waals surface area (Å²) in [5.41, 5.74) is 5.46. The van der Waals surface area contributed by atoms with Gasteiger partial charge in [0.2, 0.25) is 0 Å². The summed E-state index contributed by atoms with van der Waals surface area (Å²) in [5.74, 6) is 1.30. The largest absolute Gasteiger partial charge is 0.379 e. The van der Waals surface area contributed by atoms with E-state index in [1.165, 1.54) is 19.3 Å². The number of ether oxygens (including phenoxy) is 1. The molecule has 0 aromatic carbocycles. The third-order valence-corrected chi connectivity index (χ3v) is 4.34. The average Bonchev–Trinajstić information content (AvgIpc) is 2.77. The van der Waals surface area contributed by atoms with Gasteiger partial charge in [0.25, 0.3) is 0 Å². The van der Waals surface area contributed by atoms with Gasteiger partial charge >= 0.3 is 0 Å². The van der Waals surface area contributed by atoms with Crippen LogP contribution in [-0.2, 0) is 9.53 Å². The molecule has 2 rings (SSSR count). The fourth-order valence-corrected chi connectivity index (χ4v) is 3.01. The van der Waals surface area contributed by atoms with E-state index in [4.69, 9.17) is 10.5 Å². The number of hydrogen-bond acceptors (Lipinski definition) is 3. The molecule has 0 aromatic heterocycles. The van der Waals surface area contributed by atoms with Gasteiger partial charge in [0, 0.05) is 12.5 Å². The quantitative estimate of drug-likeness (QED) is 0.798. The zero-order chi connectivity index (χ0) is 11.6. The molecule has 3 nitrogen and oxygen atoms in total.